The summed E-state index contributed by atoms with van der Waals surface area (Å²) in [5.41, 5.74) is 2.15. The van der Waals surface area contributed by atoms with Crippen LogP contribution in [-0.2, 0) is 5.60 Å². The molecule has 7 nitrogen and oxygen atoms in total. The van der Waals surface area contributed by atoms with Gasteiger partial charge in [-0.05, 0) is 32.0 Å². The first-order valence-corrected chi connectivity index (χ1v) is 9.23. The van der Waals surface area contributed by atoms with Crippen molar-refractivity contribution in [3.05, 3.63) is 60.3 Å². The number of hydrogen-bond donors (Lipinski definition) is 2. The van der Waals surface area contributed by atoms with Gasteiger partial charge in [0.15, 0.2) is 11.5 Å². The molecule has 0 amide bonds. The second-order valence-electron chi connectivity index (χ2n) is 6.99. The predicted molar refractivity (Wildman–Crippen MR) is 111 cm³/mol. The van der Waals surface area contributed by atoms with Gasteiger partial charge >= 0.3 is 0 Å². The first-order valence-electron chi connectivity index (χ1n) is 9.73. The van der Waals surface area contributed by atoms with E-state index in [2.05, 4.69) is 20.3 Å². The Hall–Kier alpha value is -3.32. The molecule has 0 radical (unpaired) electrons. The van der Waals surface area contributed by atoms with E-state index in [4.69, 9.17) is 6.11 Å². The number of aliphatic hydroxyl groups is 1. The third-order valence-corrected chi connectivity index (χ3v) is 4.43. The molecule has 2 heterocycles. The normalized spacial score (nSPS) is 11.7. The van der Waals surface area contributed by atoms with Gasteiger partial charge in [-0.2, -0.15) is 0 Å². The molecule has 7 heteroatoms. The number of hydrogen-bond acceptors (Lipinski definition) is 7. The Morgan fingerprint density at radius 1 is 1.21 bits per heavy atom. The van der Waals surface area contributed by atoms with Crippen LogP contribution in [-0.4, -0.2) is 33.0 Å². The fourth-order valence-corrected chi connectivity index (χ4v) is 2.85. The molecule has 0 aliphatic carbocycles. The molecule has 3 aromatic rings. The predicted octanol–water partition coefficient (Wildman–Crippen LogP) is 4.11. The number of rotatable bonds is 7. The monoisotopic (exact) mass is 393 g/mol. The molecule has 2 N–H and O–H groups in total. The molecule has 0 saturated heterocycles. The summed E-state index contributed by atoms with van der Waals surface area (Å²) in [6, 6.07) is 6.99. The average Bonchev–Trinajstić information content (AvgIpc) is 2.72. The van der Waals surface area contributed by atoms with Crippen LogP contribution in [0.4, 0.5) is 11.4 Å². The number of anilines is 2. The van der Waals surface area contributed by atoms with Gasteiger partial charge in [0.1, 0.15) is 5.60 Å². The Bertz CT molecular complexity index is 1060. The largest absolute Gasteiger partial charge is 0.494 e. The number of nitrogens with zero attached hydrogens (tertiary/aromatic N) is 3. The van der Waals surface area contributed by atoms with Crippen LogP contribution in [0.3, 0.4) is 0 Å². The number of ketones is 1. The van der Waals surface area contributed by atoms with Gasteiger partial charge in [-0.3, -0.25) is 19.7 Å². The minimum absolute atomic E-state index is 0.0494. The van der Waals surface area contributed by atoms with Gasteiger partial charge in [0.2, 0.25) is 0 Å². The second-order valence-corrected chi connectivity index (χ2v) is 6.99. The van der Waals surface area contributed by atoms with Crippen molar-refractivity contribution in [2.24, 2.45) is 0 Å². The lowest BCUT2D eigenvalue weighted by atomic mass is 10.1. The first-order chi connectivity index (χ1) is 14.2. The molecule has 29 heavy (non-hydrogen) atoms. The highest BCUT2D eigenvalue weighted by Gasteiger charge is 2.20. The van der Waals surface area contributed by atoms with Crippen LogP contribution in [0.1, 0.15) is 44.6 Å². The number of nitrogens with one attached hydrogen (secondary N) is 1. The molecule has 0 saturated carbocycles. The highest BCUT2D eigenvalue weighted by molar-refractivity contribution is 6.01. The molecular formula is C22H24N4O3. The van der Waals surface area contributed by atoms with E-state index in [1.807, 2.05) is 18.2 Å². The molecule has 2 aromatic heterocycles. The van der Waals surface area contributed by atoms with Crippen LogP contribution in [0, 0.1) is 0 Å². The molecule has 1 aromatic carbocycles. The summed E-state index contributed by atoms with van der Waals surface area (Å²) in [7, 11) is 1.54. The summed E-state index contributed by atoms with van der Waals surface area (Å²) in [5, 5.41) is 13.3. The van der Waals surface area contributed by atoms with E-state index in [0.29, 0.717) is 46.1 Å². The molecule has 3 rings (SSSR count). The van der Waals surface area contributed by atoms with E-state index in [-0.39, 0.29) is 12.0 Å². The Balaban J connectivity index is 2.03. The Morgan fingerprint density at radius 3 is 2.62 bits per heavy atom. The van der Waals surface area contributed by atoms with Gasteiger partial charge in [-0.25, -0.2) is 0 Å². The number of carbonyl (C=O) groups is 1. The van der Waals surface area contributed by atoms with E-state index < -0.39 is 5.60 Å². The fraction of sp³-hybridized carbons (Fsp3) is 0.273. The number of benzene rings is 1. The van der Waals surface area contributed by atoms with Gasteiger partial charge < -0.3 is 15.2 Å². The van der Waals surface area contributed by atoms with Crippen molar-refractivity contribution in [2.75, 3.05) is 12.4 Å². The fourth-order valence-electron chi connectivity index (χ4n) is 2.85. The van der Waals surface area contributed by atoms with Crippen LogP contribution in [0.15, 0.2) is 49.0 Å². The summed E-state index contributed by atoms with van der Waals surface area (Å²) in [6.07, 6.45) is 4.90. The molecule has 0 spiro atoms. The molecule has 150 valence electrons. The zero-order valence-corrected chi connectivity index (χ0v) is 16.9. The molecule has 0 aliphatic heterocycles. The van der Waals surface area contributed by atoms with Crippen LogP contribution in [0.25, 0.3) is 11.3 Å². The van der Waals surface area contributed by atoms with Crippen LogP contribution in [0.5, 0.6) is 5.75 Å². The number of Topliss-reactive ketones (excluding diaryl/α,β-unsaturated/α-hetero) is 1. The smallest absolute Gasteiger partial charge is 0.166 e. The Morgan fingerprint density at radius 2 is 2.00 bits per heavy atom. The topological polar surface area (TPSA) is 97.2 Å². The zero-order valence-electron chi connectivity index (χ0n) is 17.9. The van der Waals surface area contributed by atoms with E-state index in [1.165, 1.54) is 18.5 Å². The quantitative estimate of drug-likeness (QED) is 0.583. The third-order valence-electron chi connectivity index (χ3n) is 4.43. The van der Waals surface area contributed by atoms with E-state index >= 15 is 0 Å². The summed E-state index contributed by atoms with van der Waals surface area (Å²) >= 11 is 0. The van der Waals surface area contributed by atoms with Crippen molar-refractivity contribution >= 4 is 17.2 Å². The highest BCUT2D eigenvalue weighted by atomic mass is 16.5. The van der Waals surface area contributed by atoms with Gasteiger partial charge in [0, 0.05) is 24.4 Å². The Labute approximate surface area is 171 Å². The Kier molecular flexibility index (Phi) is 5.48. The maximum atomic E-state index is 12.3. The molecule has 0 unspecified atom stereocenters. The summed E-state index contributed by atoms with van der Waals surface area (Å²) < 4.78 is 13.4. The van der Waals surface area contributed by atoms with Crippen LogP contribution in [0.2, 0.25) is 0 Å². The maximum Gasteiger partial charge on any atom is 0.166 e. The lowest BCUT2D eigenvalue weighted by molar-refractivity contribution is 0.0734. The number of carbonyl (C=O) groups excluding carboxylic acids is 1. The van der Waals surface area contributed by atoms with Crippen molar-refractivity contribution in [3.8, 4) is 17.0 Å². The van der Waals surface area contributed by atoms with Gasteiger partial charge in [-0.15, -0.1) is 0 Å². The summed E-state index contributed by atoms with van der Waals surface area (Å²) in [4.78, 5) is 24.9. The van der Waals surface area contributed by atoms with Crippen molar-refractivity contribution in [1.29, 1.82) is 0 Å². The van der Waals surface area contributed by atoms with Gasteiger partial charge in [0.05, 0.1) is 49.2 Å². The van der Waals surface area contributed by atoms with Gasteiger partial charge in [-0.1, -0.05) is 13.0 Å². The van der Waals surface area contributed by atoms with E-state index in [1.54, 1.807) is 34.1 Å². The van der Waals surface area contributed by atoms with Crippen molar-refractivity contribution in [1.82, 2.24) is 15.0 Å². The highest BCUT2D eigenvalue weighted by Crippen LogP contribution is 2.37. The van der Waals surface area contributed by atoms with E-state index in [9.17, 15) is 9.90 Å². The number of para-hydroxylation sites is 1. The summed E-state index contributed by atoms with van der Waals surface area (Å²) in [6.45, 7) is 5.07. The van der Waals surface area contributed by atoms with Crippen LogP contribution < -0.4 is 10.1 Å². The van der Waals surface area contributed by atoms with Crippen molar-refractivity contribution in [2.45, 2.75) is 32.8 Å². The number of methoxy groups -OCH3 is 1. The minimum Gasteiger partial charge on any atom is -0.494 e. The number of aromatic nitrogens is 3. The van der Waals surface area contributed by atoms with Crippen LogP contribution >= 0.6 is 0 Å². The SMILES string of the molecule is [2H]c1cc(Nc2cccc(-c3cnc(C(C)(C)O)cn3)c2OC)c(C(=O)CC)cn1. The first kappa shape index (κ1) is 19.0. The zero-order chi connectivity index (χ0) is 21.9. The van der Waals surface area contributed by atoms with E-state index in [0.717, 1.165) is 0 Å². The molecule has 0 aliphatic rings. The minimum atomic E-state index is -1.09. The maximum absolute atomic E-state index is 12.3. The second kappa shape index (κ2) is 8.36. The van der Waals surface area contributed by atoms with Gasteiger partial charge in [0.25, 0.3) is 0 Å². The molecule has 0 fully saturated rings. The standard InChI is InChI=1S/C22H24N4O3/c1-5-19(27)15-11-23-10-9-16(15)26-17-8-6-7-14(21(17)29-4)18-12-25-20(13-24-18)22(2,3)28/h6-13,28H,5H2,1-4H3,(H,23,26)/i10D. The summed E-state index contributed by atoms with van der Waals surface area (Å²) in [5.74, 6) is 0.439. The molecular weight excluding hydrogens is 368 g/mol. The average molecular weight is 393 g/mol. The lowest BCUT2D eigenvalue weighted by Crippen LogP contribution is -2.17. The van der Waals surface area contributed by atoms with Crippen molar-refractivity contribution < 1.29 is 16.0 Å². The number of ether oxygens (including phenoxy) is 1. The third kappa shape index (κ3) is 4.41. The molecule has 0 bridgehead atoms. The lowest BCUT2D eigenvalue weighted by Gasteiger charge is -2.18. The van der Waals surface area contributed by atoms with Crippen molar-refractivity contribution in [3.63, 3.8) is 0 Å². The molecule has 0 atom stereocenters. The number of pyridine rings is 1.